The van der Waals surface area contributed by atoms with Gasteiger partial charge < -0.3 is 9.72 Å². The molecule has 3 heteroatoms. The van der Waals surface area contributed by atoms with Crippen molar-refractivity contribution in [1.29, 1.82) is 0 Å². The molecule has 0 amide bonds. The van der Waals surface area contributed by atoms with E-state index in [9.17, 15) is 0 Å². The van der Waals surface area contributed by atoms with Gasteiger partial charge in [-0.1, -0.05) is 6.42 Å². The van der Waals surface area contributed by atoms with E-state index in [-0.39, 0.29) is 0 Å². The Morgan fingerprint density at radius 2 is 2.14 bits per heavy atom. The molecule has 2 fully saturated rings. The molecule has 4 rings (SSSR count). The summed E-state index contributed by atoms with van der Waals surface area (Å²) in [6, 6.07) is 7.93. The Morgan fingerprint density at radius 1 is 1.24 bits per heavy atom. The summed E-state index contributed by atoms with van der Waals surface area (Å²) in [5.74, 6) is 0.950. The summed E-state index contributed by atoms with van der Waals surface area (Å²) in [5.41, 5.74) is 2.67. The largest absolute Gasteiger partial charge is 0.497 e. The standard InChI is InChI=1S/C18H24N2O/c1-21-16-7-8-18-17(11-16)13(12-19-18)10-15-6-3-9-20(15)14-4-2-5-14/h7-8,11-12,14-15,19H,2-6,9-10H2,1H3. The molecular weight excluding hydrogens is 260 g/mol. The number of hydrogen-bond donors (Lipinski definition) is 1. The quantitative estimate of drug-likeness (QED) is 0.926. The Hall–Kier alpha value is -1.48. The van der Waals surface area contributed by atoms with Gasteiger partial charge in [0.1, 0.15) is 5.75 Å². The summed E-state index contributed by atoms with van der Waals surface area (Å²) in [6.45, 7) is 1.31. The minimum Gasteiger partial charge on any atom is -0.497 e. The van der Waals surface area contributed by atoms with Crippen molar-refractivity contribution < 1.29 is 4.74 Å². The van der Waals surface area contributed by atoms with E-state index in [2.05, 4.69) is 28.2 Å². The second-order valence-electron chi connectivity index (χ2n) is 6.55. The minimum atomic E-state index is 0.737. The van der Waals surface area contributed by atoms with Gasteiger partial charge in [-0.05, 0) is 62.4 Å². The maximum absolute atomic E-state index is 5.38. The number of methoxy groups -OCH3 is 1. The van der Waals surface area contributed by atoms with Crippen LogP contribution in [0.1, 0.15) is 37.7 Å². The maximum atomic E-state index is 5.38. The van der Waals surface area contributed by atoms with Crippen LogP contribution in [0.25, 0.3) is 10.9 Å². The van der Waals surface area contributed by atoms with Gasteiger partial charge >= 0.3 is 0 Å². The third-order valence-corrected chi connectivity index (χ3v) is 5.40. The van der Waals surface area contributed by atoms with Gasteiger partial charge in [-0.15, -0.1) is 0 Å². The lowest BCUT2D eigenvalue weighted by molar-refractivity contribution is 0.114. The first-order valence-corrected chi connectivity index (χ1v) is 8.25. The van der Waals surface area contributed by atoms with Gasteiger partial charge in [-0.3, -0.25) is 4.90 Å². The van der Waals surface area contributed by atoms with Crippen LogP contribution in [0.15, 0.2) is 24.4 Å². The van der Waals surface area contributed by atoms with Gasteiger partial charge in [-0.2, -0.15) is 0 Å². The van der Waals surface area contributed by atoms with Crippen LogP contribution in [0.5, 0.6) is 5.75 Å². The van der Waals surface area contributed by atoms with E-state index in [1.54, 1.807) is 7.11 Å². The van der Waals surface area contributed by atoms with E-state index in [0.29, 0.717) is 0 Å². The van der Waals surface area contributed by atoms with Crippen LogP contribution >= 0.6 is 0 Å². The predicted octanol–water partition coefficient (Wildman–Crippen LogP) is 3.74. The maximum Gasteiger partial charge on any atom is 0.119 e. The van der Waals surface area contributed by atoms with Crippen molar-refractivity contribution in [1.82, 2.24) is 9.88 Å². The number of likely N-dealkylation sites (tertiary alicyclic amines) is 1. The van der Waals surface area contributed by atoms with E-state index in [1.165, 1.54) is 61.5 Å². The lowest BCUT2D eigenvalue weighted by atomic mass is 9.90. The van der Waals surface area contributed by atoms with Crippen molar-refractivity contribution in [3.63, 3.8) is 0 Å². The van der Waals surface area contributed by atoms with Crippen molar-refractivity contribution in [3.8, 4) is 5.75 Å². The van der Waals surface area contributed by atoms with Crippen LogP contribution in [-0.4, -0.2) is 35.6 Å². The highest BCUT2D eigenvalue weighted by molar-refractivity contribution is 5.84. The molecule has 1 saturated carbocycles. The summed E-state index contributed by atoms with van der Waals surface area (Å²) in [4.78, 5) is 6.19. The molecule has 0 radical (unpaired) electrons. The first-order valence-electron chi connectivity index (χ1n) is 8.25. The number of rotatable bonds is 4. The fourth-order valence-electron chi connectivity index (χ4n) is 3.98. The molecule has 2 aliphatic rings. The van der Waals surface area contributed by atoms with E-state index in [0.717, 1.165) is 17.8 Å². The molecule has 1 aliphatic carbocycles. The summed E-state index contributed by atoms with van der Waals surface area (Å²) >= 11 is 0. The number of fused-ring (bicyclic) bond motifs is 1. The smallest absolute Gasteiger partial charge is 0.119 e. The molecule has 0 bridgehead atoms. The highest BCUT2D eigenvalue weighted by Crippen LogP contribution is 2.34. The monoisotopic (exact) mass is 284 g/mol. The molecule has 2 aromatic rings. The number of ether oxygens (including phenoxy) is 1. The van der Waals surface area contributed by atoms with Crippen molar-refractivity contribution in [3.05, 3.63) is 30.0 Å². The predicted molar refractivity (Wildman–Crippen MR) is 85.9 cm³/mol. The topological polar surface area (TPSA) is 28.3 Å². The Balaban J connectivity index is 1.58. The Labute approximate surface area is 126 Å². The fourth-order valence-corrected chi connectivity index (χ4v) is 3.98. The summed E-state index contributed by atoms with van der Waals surface area (Å²) in [7, 11) is 1.74. The molecule has 112 valence electrons. The van der Waals surface area contributed by atoms with Crippen LogP contribution in [0.3, 0.4) is 0 Å². The second kappa shape index (κ2) is 5.38. The van der Waals surface area contributed by atoms with Gasteiger partial charge in [0.2, 0.25) is 0 Å². The van der Waals surface area contributed by atoms with Crippen LogP contribution in [0.2, 0.25) is 0 Å². The number of aromatic nitrogens is 1. The lowest BCUT2D eigenvalue weighted by Crippen LogP contribution is -2.43. The molecule has 1 aromatic heterocycles. The molecule has 1 N–H and O–H groups in total. The average molecular weight is 284 g/mol. The number of nitrogens with one attached hydrogen (secondary N) is 1. The molecule has 3 nitrogen and oxygen atoms in total. The molecular formula is C18H24N2O. The normalized spacial score (nSPS) is 23.6. The van der Waals surface area contributed by atoms with Gasteiger partial charge in [0.25, 0.3) is 0 Å². The van der Waals surface area contributed by atoms with Gasteiger partial charge in [0.15, 0.2) is 0 Å². The van der Waals surface area contributed by atoms with Crippen molar-refractivity contribution >= 4 is 10.9 Å². The Morgan fingerprint density at radius 3 is 2.90 bits per heavy atom. The molecule has 21 heavy (non-hydrogen) atoms. The van der Waals surface area contributed by atoms with Crippen LogP contribution in [0, 0.1) is 0 Å². The molecule has 1 aromatic carbocycles. The number of H-pyrrole nitrogens is 1. The SMILES string of the molecule is COc1ccc2[nH]cc(CC3CCCN3C3CCC3)c2c1. The molecule has 0 spiro atoms. The fraction of sp³-hybridized carbons (Fsp3) is 0.556. The van der Waals surface area contributed by atoms with Gasteiger partial charge in [-0.25, -0.2) is 0 Å². The number of benzene rings is 1. The molecule has 1 unspecified atom stereocenters. The zero-order chi connectivity index (χ0) is 14.2. The third-order valence-electron chi connectivity index (χ3n) is 5.40. The first kappa shape index (κ1) is 13.2. The van der Waals surface area contributed by atoms with Crippen LogP contribution in [0.4, 0.5) is 0 Å². The van der Waals surface area contributed by atoms with E-state index >= 15 is 0 Å². The second-order valence-corrected chi connectivity index (χ2v) is 6.55. The van der Waals surface area contributed by atoms with E-state index in [1.807, 2.05) is 6.07 Å². The molecule has 1 saturated heterocycles. The summed E-state index contributed by atoms with van der Waals surface area (Å²) < 4.78 is 5.38. The highest BCUT2D eigenvalue weighted by atomic mass is 16.5. The first-order chi connectivity index (χ1) is 10.3. The average Bonchev–Trinajstić information content (AvgIpc) is 3.05. The van der Waals surface area contributed by atoms with Crippen LogP contribution in [-0.2, 0) is 6.42 Å². The summed E-state index contributed by atoms with van der Waals surface area (Å²) in [5, 5.41) is 1.33. The Kier molecular flexibility index (Phi) is 3.38. The highest BCUT2D eigenvalue weighted by Gasteiger charge is 2.33. The summed E-state index contributed by atoms with van der Waals surface area (Å²) in [6.07, 6.45) is 10.3. The molecule has 1 aliphatic heterocycles. The molecule has 1 atom stereocenters. The lowest BCUT2D eigenvalue weighted by Gasteiger charge is -2.38. The molecule has 2 heterocycles. The van der Waals surface area contributed by atoms with Crippen LogP contribution < -0.4 is 4.74 Å². The minimum absolute atomic E-state index is 0.737. The number of nitrogens with zero attached hydrogens (tertiary/aromatic N) is 1. The van der Waals surface area contributed by atoms with Gasteiger partial charge in [0.05, 0.1) is 7.11 Å². The van der Waals surface area contributed by atoms with Crippen molar-refractivity contribution in [2.75, 3.05) is 13.7 Å². The zero-order valence-corrected chi connectivity index (χ0v) is 12.8. The van der Waals surface area contributed by atoms with Crippen molar-refractivity contribution in [2.45, 2.75) is 50.6 Å². The van der Waals surface area contributed by atoms with E-state index in [4.69, 9.17) is 4.74 Å². The van der Waals surface area contributed by atoms with E-state index < -0.39 is 0 Å². The van der Waals surface area contributed by atoms with Gasteiger partial charge in [0, 0.05) is 29.2 Å². The zero-order valence-electron chi connectivity index (χ0n) is 12.8. The number of aromatic amines is 1. The van der Waals surface area contributed by atoms with Crippen molar-refractivity contribution in [2.24, 2.45) is 0 Å². The third kappa shape index (κ3) is 2.34. The number of hydrogen-bond acceptors (Lipinski definition) is 2. The Bertz CT molecular complexity index is 629.